The maximum Gasteiger partial charge on any atom is 0.338 e. The average molecular weight is 443 g/mol. The van der Waals surface area contributed by atoms with E-state index in [4.69, 9.17) is 16.3 Å². The van der Waals surface area contributed by atoms with E-state index in [0.717, 1.165) is 36.8 Å². The number of carbonyl (C=O) groups is 3. The maximum absolute atomic E-state index is 13.1. The highest BCUT2D eigenvalue weighted by Crippen LogP contribution is 2.23. The van der Waals surface area contributed by atoms with E-state index in [1.807, 2.05) is 24.3 Å². The van der Waals surface area contributed by atoms with Gasteiger partial charge in [-0.3, -0.25) is 9.59 Å². The zero-order valence-corrected chi connectivity index (χ0v) is 18.1. The van der Waals surface area contributed by atoms with E-state index in [9.17, 15) is 14.4 Å². The van der Waals surface area contributed by atoms with Crippen molar-refractivity contribution in [2.24, 2.45) is 0 Å². The molecular formula is C23H25ClN3O4+. The predicted molar refractivity (Wildman–Crippen MR) is 118 cm³/mol. The summed E-state index contributed by atoms with van der Waals surface area (Å²) in [7, 11) is 0. The van der Waals surface area contributed by atoms with Gasteiger partial charge >= 0.3 is 5.97 Å². The molecule has 2 amide bonds. The number of amides is 2. The van der Waals surface area contributed by atoms with Gasteiger partial charge < -0.3 is 14.5 Å². The summed E-state index contributed by atoms with van der Waals surface area (Å²) < 4.78 is 4.98. The van der Waals surface area contributed by atoms with Crippen LogP contribution in [0.4, 0.5) is 11.4 Å². The molecule has 2 saturated heterocycles. The number of halogens is 1. The van der Waals surface area contributed by atoms with Gasteiger partial charge in [-0.2, -0.15) is 0 Å². The molecule has 2 aliphatic heterocycles. The molecule has 1 unspecified atom stereocenters. The fourth-order valence-electron chi connectivity index (χ4n) is 4.24. The van der Waals surface area contributed by atoms with Gasteiger partial charge in [0.2, 0.25) is 5.91 Å². The fraction of sp³-hybridized carbons (Fsp3) is 0.348. The number of ether oxygens (including phenoxy) is 1. The molecule has 0 saturated carbocycles. The molecule has 31 heavy (non-hydrogen) atoms. The van der Waals surface area contributed by atoms with Crippen LogP contribution in [-0.4, -0.2) is 56.6 Å². The number of nitrogens with zero attached hydrogens (tertiary/aromatic N) is 2. The van der Waals surface area contributed by atoms with Gasteiger partial charge in [-0.15, -0.1) is 0 Å². The summed E-state index contributed by atoms with van der Waals surface area (Å²) in [6, 6.07) is 13.8. The summed E-state index contributed by atoms with van der Waals surface area (Å²) in [5.41, 5.74) is 2.00. The number of esters is 1. The van der Waals surface area contributed by atoms with Gasteiger partial charge in [-0.1, -0.05) is 11.6 Å². The Labute approximate surface area is 186 Å². The van der Waals surface area contributed by atoms with Gasteiger partial charge in [0, 0.05) is 10.7 Å². The number of benzene rings is 2. The predicted octanol–water partition coefficient (Wildman–Crippen LogP) is 1.55. The van der Waals surface area contributed by atoms with Gasteiger partial charge in [0.25, 0.3) is 5.91 Å². The van der Waals surface area contributed by atoms with Gasteiger partial charge in [-0.05, 0) is 55.5 Å². The topological polar surface area (TPSA) is 71.4 Å². The molecule has 2 aromatic rings. The van der Waals surface area contributed by atoms with Gasteiger partial charge in [0.1, 0.15) is 0 Å². The highest BCUT2D eigenvalue weighted by atomic mass is 35.5. The van der Waals surface area contributed by atoms with Crippen LogP contribution < -0.4 is 14.7 Å². The second-order valence-electron chi connectivity index (χ2n) is 7.71. The average Bonchev–Trinajstić information content (AvgIpc) is 3.08. The fourth-order valence-corrected chi connectivity index (χ4v) is 4.36. The van der Waals surface area contributed by atoms with Crippen molar-refractivity contribution in [3.05, 3.63) is 59.1 Å². The monoisotopic (exact) mass is 442 g/mol. The third-order valence-corrected chi connectivity index (χ3v) is 6.13. The van der Waals surface area contributed by atoms with Crippen LogP contribution in [0.3, 0.4) is 0 Å². The van der Waals surface area contributed by atoms with Crippen LogP contribution in [0.15, 0.2) is 48.5 Å². The van der Waals surface area contributed by atoms with Gasteiger partial charge in [-0.25, -0.2) is 9.69 Å². The van der Waals surface area contributed by atoms with Crippen molar-refractivity contribution in [1.29, 1.82) is 0 Å². The highest BCUT2D eigenvalue weighted by molar-refractivity contribution is 6.30. The molecule has 2 aliphatic rings. The molecule has 8 heteroatoms. The van der Waals surface area contributed by atoms with E-state index in [0.29, 0.717) is 22.9 Å². The summed E-state index contributed by atoms with van der Waals surface area (Å²) in [5, 5.41) is 0.707. The van der Waals surface area contributed by atoms with Crippen LogP contribution in [0.2, 0.25) is 5.02 Å². The largest absolute Gasteiger partial charge is 0.462 e. The normalized spacial score (nSPS) is 19.7. The molecular weight excluding hydrogens is 418 g/mol. The second-order valence-corrected chi connectivity index (χ2v) is 8.15. The Balaban J connectivity index is 1.40. The molecule has 4 rings (SSSR count). The first-order valence-electron chi connectivity index (χ1n) is 10.5. The zero-order chi connectivity index (χ0) is 22.0. The van der Waals surface area contributed by atoms with Crippen molar-refractivity contribution >= 4 is 40.8 Å². The van der Waals surface area contributed by atoms with E-state index in [1.54, 1.807) is 31.2 Å². The minimum absolute atomic E-state index is 0.177. The van der Waals surface area contributed by atoms with E-state index in [1.165, 1.54) is 4.90 Å². The van der Waals surface area contributed by atoms with Crippen LogP contribution in [0.5, 0.6) is 0 Å². The Kier molecular flexibility index (Phi) is 6.25. The number of piperazine rings is 1. The number of quaternary nitrogens is 1. The summed E-state index contributed by atoms with van der Waals surface area (Å²) in [4.78, 5) is 42.2. The second kappa shape index (κ2) is 9.08. The number of nitrogens with one attached hydrogen (secondary N) is 1. The molecule has 7 nitrogen and oxygen atoms in total. The van der Waals surface area contributed by atoms with E-state index >= 15 is 0 Å². The van der Waals surface area contributed by atoms with Crippen LogP contribution in [0.25, 0.3) is 0 Å². The number of carbonyl (C=O) groups excluding carboxylic acids is 3. The minimum atomic E-state index is -0.422. The molecule has 0 radical (unpaired) electrons. The quantitative estimate of drug-likeness (QED) is 0.562. The lowest BCUT2D eigenvalue weighted by Gasteiger charge is -2.35. The lowest BCUT2D eigenvalue weighted by atomic mass is 10.1. The van der Waals surface area contributed by atoms with Crippen molar-refractivity contribution in [3.8, 4) is 0 Å². The first kappa shape index (κ1) is 21.3. The SMILES string of the molecule is CCOC(=O)c1ccc(N2C(=O)CC([NH+]3CCN(c4ccc(Cl)cc4)CC3)C2=O)cc1. The molecule has 2 aromatic carbocycles. The smallest absolute Gasteiger partial charge is 0.338 e. The Hall–Kier alpha value is -2.90. The highest BCUT2D eigenvalue weighted by Gasteiger charge is 2.46. The van der Waals surface area contributed by atoms with Crippen molar-refractivity contribution in [3.63, 3.8) is 0 Å². The summed E-state index contributed by atoms with van der Waals surface area (Å²) in [6.07, 6.45) is 0.203. The molecule has 1 atom stereocenters. The standard InChI is InChI=1S/C23H24ClN3O4/c1-2-31-23(30)16-3-7-19(8-4-16)27-21(28)15-20(22(27)29)26-13-11-25(12-14-26)18-9-5-17(24)6-10-18/h3-10,20H,2,11-15H2,1H3/p+1. The van der Waals surface area contributed by atoms with Crippen LogP contribution in [-0.2, 0) is 14.3 Å². The lowest BCUT2D eigenvalue weighted by Crippen LogP contribution is -3.19. The van der Waals surface area contributed by atoms with E-state index < -0.39 is 5.97 Å². The molecule has 0 aliphatic carbocycles. The molecule has 162 valence electrons. The molecule has 0 bridgehead atoms. The number of hydrogen-bond donors (Lipinski definition) is 1. The van der Waals surface area contributed by atoms with Crippen LogP contribution >= 0.6 is 11.6 Å². The number of imide groups is 1. The molecule has 0 aromatic heterocycles. The molecule has 0 spiro atoms. The minimum Gasteiger partial charge on any atom is -0.462 e. The summed E-state index contributed by atoms with van der Waals surface area (Å²) >= 11 is 5.97. The molecule has 2 heterocycles. The van der Waals surface area contributed by atoms with Crippen LogP contribution in [0, 0.1) is 0 Å². The Bertz CT molecular complexity index is 969. The number of anilines is 2. The molecule has 1 N–H and O–H groups in total. The van der Waals surface area contributed by atoms with E-state index in [-0.39, 0.29) is 24.3 Å². The summed E-state index contributed by atoms with van der Waals surface area (Å²) in [5.74, 6) is -0.802. The zero-order valence-electron chi connectivity index (χ0n) is 17.3. The van der Waals surface area contributed by atoms with Crippen molar-refractivity contribution in [2.75, 3.05) is 42.6 Å². The molecule has 2 fully saturated rings. The Morgan fingerprint density at radius 1 is 1.03 bits per heavy atom. The number of hydrogen-bond acceptors (Lipinski definition) is 5. The number of rotatable bonds is 5. The summed E-state index contributed by atoms with van der Waals surface area (Å²) in [6.45, 7) is 5.21. The third kappa shape index (κ3) is 4.43. The van der Waals surface area contributed by atoms with Crippen molar-refractivity contribution in [1.82, 2.24) is 0 Å². The van der Waals surface area contributed by atoms with Gasteiger partial charge in [0.15, 0.2) is 6.04 Å². The first-order valence-corrected chi connectivity index (χ1v) is 10.8. The maximum atomic E-state index is 13.1. The van der Waals surface area contributed by atoms with Crippen molar-refractivity contribution < 1.29 is 24.0 Å². The van der Waals surface area contributed by atoms with Crippen molar-refractivity contribution in [2.45, 2.75) is 19.4 Å². The van der Waals surface area contributed by atoms with E-state index in [2.05, 4.69) is 4.90 Å². The van der Waals surface area contributed by atoms with Gasteiger partial charge in [0.05, 0.1) is 50.5 Å². The first-order chi connectivity index (χ1) is 15.0. The lowest BCUT2D eigenvalue weighted by molar-refractivity contribution is -0.915. The Morgan fingerprint density at radius 2 is 1.65 bits per heavy atom. The van der Waals surface area contributed by atoms with Crippen LogP contribution in [0.1, 0.15) is 23.7 Å². The third-order valence-electron chi connectivity index (χ3n) is 5.87. The Morgan fingerprint density at radius 3 is 2.26 bits per heavy atom.